The Morgan fingerprint density at radius 3 is 2.94 bits per heavy atom. The molecule has 1 aromatic heterocycles. The van der Waals surface area contributed by atoms with Crippen LogP contribution in [0, 0.1) is 0 Å². The molecule has 1 aliphatic rings. The van der Waals surface area contributed by atoms with E-state index in [4.69, 9.17) is 4.74 Å². The molecule has 0 atom stereocenters. The van der Waals surface area contributed by atoms with Gasteiger partial charge in [-0.3, -0.25) is 0 Å². The van der Waals surface area contributed by atoms with E-state index < -0.39 is 0 Å². The van der Waals surface area contributed by atoms with Crippen molar-refractivity contribution in [1.82, 2.24) is 4.98 Å². The summed E-state index contributed by atoms with van der Waals surface area (Å²) in [5, 5.41) is 0. The van der Waals surface area contributed by atoms with Crippen LogP contribution in [0.25, 0.3) is 0 Å². The maximum atomic E-state index is 11.6. The van der Waals surface area contributed by atoms with Crippen LogP contribution in [0.5, 0.6) is 0 Å². The first-order valence-corrected chi connectivity index (χ1v) is 6.34. The molecule has 1 saturated heterocycles. The van der Waals surface area contributed by atoms with Gasteiger partial charge in [0.2, 0.25) is 0 Å². The lowest BCUT2D eigenvalue weighted by Crippen LogP contribution is -2.34. The van der Waals surface area contributed by atoms with Crippen LogP contribution in [0.1, 0.15) is 10.4 Å². The van der Waals surface area contributed by atoms with Gasteiger partial charge in [-0.2, -0.15) is 11.8 Å². The van der Waals surface area contributed by atoms with Gasteiger partial charge in [-0.1, -0.05) is 0 Å². The molecule has 0 aliphatic carbocycles. The molecule has 5 heteroatoms. The predicted octanol–water partition coefficient (Wildman–Crippen LogP) is 1.42. The summed E-state index contributed by atoms with van der Waals surface area (Å²) in [5.74, 6) is 2.59. The van der Waals surface area contributed by atoms with Crippen LogP contribution in [0.3, 0.4) is 0 Å². The Bertz CT molecular complexity index is 378. The van der Waals surface area contributed by atoms with Gasteiger partial charge in [-0.15, -0.1) is 0 Å². The molecule has 4 nitrogen and oxygen atoms in total. The second-order valence-electron chi connectivity index (χ2n) is 3.47. The Morgan fingerprint density at radius 2 is 2.25 bits per heavy atom. The number of rotatable bonds is 2. The van der Waals surface area contributed by atoms with E-state index in [1.807, 2.05) is 11.8 Å². The van der Waals surface area contributed by atoms with Crippen LogP contribution in [0.4, 0.5) is 5.82 Å². The van der Waals surface area contributed by atoms with Gasteiger partial charge in [-0.25, -0.2) is 9.78 Å². The molecule has 2 rings (SSSR count). The quantitative estimate of drug-likeness (QED) is 0.729. The van der Waals surface area contributed by atoms with Gasteiger partial charge in [-0.05, 0) is 12.1 Å². The third-order valence-electron chi connectivity index (χ3n) is 2.50. The topological polar surface area (TPSA) is 42.4 Å². The molecule has 1 aromatic rings. The van der Waals surface area contributed by atoms with Crippen molar-refractivity contribution in [2.75, 3.05) is 36.6 Å². The van der Waals surface area contributed by atoms with E-state index in [2.05, 4.69) is 9.88 Å². The highest BCUT2D eigenvalue weighted by Gasteiger charge is 2.19. The molecule has 0 amide bonds. The van der Waals surface area contributed by atoms with Crippen LogP contribution >= 0.6 is 11.8 Å². The molecule has 16 heavy (non-hydrogen) atoms. The average molecular weight is 238 g/mol. The van der Waals surface area contributed by atoms with Gasteiger partial charge in [0, 0.05) is 30.8 Å². The first-order chi connectivity index (χ1) is 7.83. The number of nitrogens with zero attached hydrogens (tertiary/aromatic N) is 2. The Morgan fingerprint density at radius 1 is 1.50 bits per heavy atom. The fourth-order valence-corrected chi connectivity index (χ4v) is 2.60. The summed E-state index contributed by atoms with van der Waals surface area (Å²) >= 11 is 1.93. The highest BCUT2D eigenvalue weighted by Crippen LogP contribution is 2.21. The van der Waals surface area contributed by atoms with E-state index in [1.54, 1.807) is 18.3 Å². The first kappa shape index (κ1) is 11.3. The molecule has 0 unspecified atom stereocenters. The number of hydrogen-bond donors (Lipinski definition) is 0. The zero-order valence-electron chi connectivity index (χ0n) is 9.18. The van der Waals surface area contributed by atoms with Gasteiger partial charge in [0.05, 0.1) is 7.11 Å². The monoisotopic (exact) mass is 238 g/mol. The van der Waals surface area contributed by atoms with Crippen molar-refractivity contribution in [2.45, 2.75) is 0 Å². The summed E-state index contributed by atoms with van der Waals surface area (Å²) in [6.07, 6.45) is 1.71. The molecule has 1 aliphatic heterocycles. The number of thioether (sulfide) groups is 1. The van der Waals surface area contributed by atoms with E-state index in [0.717, 1.165) is 30.4 Å². The second kappa shape index (κ2) is 5.21. The molecule has 1 fully saturated rings. The molecular formula is C11H14N2O2S. The Balaban J connectivity index is 2.28. The predicted molar refractivity (Wildman–Crippen MR) is 65.1 cm³/mol. The van der Waals surface area contributed by atoms with Crippen molar-refractivity contribution in [2.24, 2.45) is 0 Å². The van der Waals surface area contributed by atoms with Crippen molar-refractivity contribution < 1.29 is 9.53 Å². The fraction of sp³-hybridized carbons (Fsp3) is 0.455. The summed E-state index contributed by atoms with van der Waals surface area (Å²) in [7, 11) is 1.39. The molecule has 0 spiro atoms. The number of anilines is 1. The Hall–Kier alpha value is -1.23. The Kier molecular flexibility index (Phi) is 3.66. The van der Waals surface area contributed by atoms with E-state index in [0.29, 0.717) is 5.56 Å². The second-order valence-corrected chi connectivity index (χ2v) is 4.69. The number of methoxy groups -OCH3 is 1. The largest absolute Gasteiger partial charge is 0.465 e. The average Bonchev–Trinajstić information content (AvgIpc) is 2.39. The van der Waals surface area contributed by atoms with Crippen molar-refractivity contribution in [3.63, 3.8) is 0 Å². The number of pyridine rings is 1. The van der Waals surface area contributed by atoms with Crippen LogP contribution in [0.15, 0.2) is 18.3 Å². The van der Waals surface area contributed by atoms with Gasteiger partial charge < -0.3 is 9.64 Å². The minimum Gasteiger partial charge on any atom is -0.465 e. The summed E-state index contributed by atoms with van der Waals surface area (Å²) in [4.78, 5) is 18.0. The van der Waals surface area contributed by atoms with Crippen molar-refractivity contribution in [3.8, 4) is 0 Å². The van der Waals surface area contributed by atoms with E-state index in [1.165, 1.54) is 7.11 Å². The molecule has 0 bridgehead atoms. The number of ether oxygens (including phenoxy) is 1. The molecule has 86 valence electrons. The fourth-order valence-electron chi connectivity index (χ4n) is 1.69. The highest BCUT2D eigenvalue weighted by molar-refractivity contribution is 7.99. The Labute approximate surface area is 99.0 Å². The van der Waals surface area contributed by atoms with Crippen molar-refractivity contribution in [1.29, 1.82) is 0 Å². The van der Waals surface area contributed by atoms with Crippen molar-refractivity contribution in [3.05, 3.63) is 23.9 Å². The standard InChI is InChI=1S/C11H14N2O2S/c1-15-11(14)9-3-2-4-12-10(9)13-5-7-16-8-6-13/h2-4H,5-8H2,1H3. The zero-order chi connectivity index (χ0) is 11.4. The van der Waals surface area contributed by atoms with Crippen molar-refractivity contribution >= 4 is 23.5 Å². The molecule has 0 aromatic carbocycles. The normalized spacial score (nSPS) is 15.9. The van der Waals surface area contributed by atoms with Crippen LogP contribution in [-0.2, 0) is 4.74 Å². The third-order valence-corrected chi connectivity index (χ3v) is 3.45. The minimum atomic E-state index is -0.318. The molecule has 0 saturated carbocycles. The number of carbonyl (C=O) groups excluding carboxylic acids is 1. The number of esters is 1. The number of carbonyl (C=O) groups is 1. The molecule has 0 N–H and O–H groups in total. The number of aromatic nitrogens is 1. The lowest BCUT2D eigenvalue weighted by atomic mass is 10.2. The van der Waals surface area contributed by atoms with E-state index >= 15 is 0 Å². The van der Waals surface area contributed by atoms with E-state index in [9.17, 15) is 4.79 Å². The van der Waals surface area contributed by atoms with Gasteiger partial charge in [0.15, 0.2) is 0 Å². The SMILES string of the molecule is COC(=O)c1cccnc1N1CCSCC1. The summed E-state index contributed by atoms with van der Waals surface area (Å²) in [5.41, 5.74) is 0.553. The van der Waals surface area contributed by atoms with Crippen LogP contribution in [0.2, 0.25) is 0 Å². The molecule has 0 radical (unpaired) electrons. The maximum Gasteiger partial charge on any atom is 0.341 e. The van der Waals surface area contributed by atoms with E-state index in [-0.39, 0.29) is 5.97 Å². The first-order valence-electron chi connectivity index (χ1n) is 5.19. The maximum absolute atomic E-state index is 11.6. The summed E-state index contributed by atoms with van der Waals surface area (Å²) < 4.78 is 4.76. The number of hydrogen-bond acceptors (Lipinski definition) is 5. The zero-order valence-corrected chi connectivity index (χ0v) is 10.00. The molecular weight excluding hydrogens is 224 g/mol. The van der Waals surface area contributed by atoms with Gasteiger partial charge >= 0.3 is 5.97 Å². The van der Waals surface area contributed by atoms with Crippen LogP contribution < -0.4 is 4.90 Å². The summed E-state index contributed by atoms with van der Waals surface area (Å²) in [6.45, 7) is 1.87. The third kappa shape index (κ3) is 2.29. The molecule has 2 heterocycles. The lowest BCUT2D eigenvalue weighted by molar-refractivity contribution is 0.0601. The van der Waals surface area contributed by atoms with Gasteiger partial charge in [0.1, 0.15) is 11.4 Å². The smallest absolute Gasteiger partial charge is 0.341 e. The lowest BCUT2D eigenvalue weighted by Gasteiger charge is -2.28. The minimum absolute atomic E-state index is 0.318. The summed E-state index contributed by atoms with van der Waals surface area (Å²) in [6, 6.07) is 3.52. The highest BCUT2D eigenvalue weighted by atomic mass is 32.2. The van der Waals surface area contributed by atoms with Crippen LogP contribution in [-0.4, -0.2) is 42.7 Å². The van der Waals surface area contributed by atoms with Gasteiger partial charge in [0.25, 0.3) is 0 Å².